The molecule has 0 bridgehead atoms. The van der Waals surface area contributed by atoms with E-state index in [2.05, 4.69) is 68.7 Å². The maximum atomic E-state index is 4.13. The van der Waals surface area contributed by atoms with E-state index in [1.54, 1.807) is 0 Å². The van der Waals surface area contributed by atoms with Crippen molar-refractivity contribution in [3.63, 3.8) is 0 Å². The number of aromatic nitrogens is 1. The molecule has 4 rings (SSSR count). The van der Waals surface area contributed by atoms with Gasteiger partial charge in [-0.2, -0.15) is 0 Å². The standard InChI is InChI=1S/C17H15BrN2/c18-12-4-5-16-15(10-12)13-2-1-3-14(13)17(20-16)11-6-8-19-9-7-11/h1-2,4-10,13-14,17,20H,3H2/t13-,14+,17-/m1/s1. The first kappa shape index (κ1) is 12.2. The van der Waals surface area contributed by atoms with Gasteiger partial charge in [0.15, 0.2) is 0 Å². The summed E-state index contributed by atoms with van der Waals surface area (Å²) in [7, 11) is 0. The largest absolute Gasteiger partial charge is 0.378 e. The molecule has 0 amide bonds. The summed E-state index contributed by atoms with van der Waals surface area (Å²) in [6.45, 7) is 0. The van der Waals surface area contributed by atoms with Crippen molar-refractivity contribution in [2.45, 2.75) is 18.4 Å². The molecule has 2 heterocycles. The number of rotatable bonds is 1. The van der Waals surface area contributed by atoms with Gasteiger partial charge in [0.25, 0.3) is 0 Å². The molecular formula is C17H15BrN2. The van der Waals surface area contributed by atoms with Crippen LogP contribution in [-0.4, -0.2) is 4.98 Å². The molecule has 0 radical (unpaired) electrons. The Morgan fingerprint density at radius 3 is 2.85 bits per heavy atom. The van der Waals surface area contributed by atoms with Gasteiger partial charge < -0.3 is 5.32 Å². The molecule has 0 saturated carbocycles. The van der Waals surface area contributed by atoms with Crippen molar-refractivity contribution in [2.75, 3.05) is 5.32 Å². The zero-order valence-electron chi connectivity index (χ0n) is 11.0. The van der Waals surface area contributed by atoms with Gasteiger partial charge in [-0.05, 0) is 53.8 Å². The van der Waals surface area contributed by atoms with E-state index in [-0.39, 0.29) is 0 Å². The van der Waals surface area contributed by atoms with Gasteiger partial charge in [-0.3, -0.25) is 4.98 Å². The van der Waals surface area contributed by atoms with Gasteiger partial charge in [0.2, 0.25) is 0 Å². The normalized spacial score (nSPS) is 26.8. The first-order valence-electron chi connectivity index (χ1n) is 6.95. The zero-order chi connectivity index (χ0) is 13.5. The van der Waals surface area contributed by atoms with Crippen molar-refractivity contribution in [2.24, 2.45) is 5.92 Å². The quantitative estimate of drug-likeness (QED) is 0.770. The highest BCUT2D eigenvalue weighted by atomic mass is 79.9. The van der Waals surface area contributed by atoms with Crippen molar-refractivity contribution in [1.82, 2.24) is 4.98 Å². The van der Waals surface area contributed by atoms with E-state index in [4.69, 9.17) is 0 Å². The van der Waals surface area contributed by atoms with E-state index in [1.807, 2.05) is 12.4 Å². The number of hydrogen-bond acceptors (Lipinski definition) is 2. The van der Waals surface area contributed by atoms with E-state index in [0.29, 0.717) is 17.9 Å². The third-order valence-electron chi connectivity index (χ3n) is 4.39. The summed E-state index contributed by atoms with van der Waals surface area (Å²) in [4.78, 5) is 4.13. The van der Waals surface area contributed by atoms with Gasteiger partial charge in [0.05, 0.1) is 6.04 Å². The molecule has 0 fully saturated rings. The average Bonchev–Trinajstić information content (AvgIpc) is 2.97. The lowest BCUT2D eigenvalue weighted by Crippen LogP contribution is -2.29. The lowest BCUT2D eigenvalue weighted by molar-refractivity contribution is 0.425. The number of allylic oxidation sites excluding steroid dienone is 2. The van der Waals surface area contributed by atoms with E-state index in [1.165, 1.54) is 16.8 Å². The molecule has 1 aromatic heterocycles. The third kappa shape index (κ3) is 1.88. The fourth-order valence-electron chi connectivity index (χ4n) is 3.47. The molecule has 1 aliphatic heterocycles. The van der Waals surface area contributed by atoms with Crippen molar-refractivity contribution in [1.29, 1.82) is 0 Å². The molecule has 2 aromatic rings. The van der Waals surface area contributed by atoms with Crippen LogP contribution in [-0.2, 0) is 0 Å². The fraction of sp³-hybridized carbons (Fsp3) is 0.235. The monoisotopic (exact) mass is 326 g/mol. The molecule has 1 aliphatic carbocycles. The molecule has 2 nitrogen and oxygen atoms in total. The minimum atomic E-state index is 0.367. The summed E-state index contributed by atoms with van der Waals surface area (Å²) in [5.74, 6) is 1.11. The van der Waals surface area contributed by atoms with Gasteiger partial charge in [-0.15, -0.1) is 0 Å². The maximum Gasteiger partial charge on any atom is 0.0555 e. The first-order chi connectivity index (χ1) is 9.83. The van der Waals surface area contributed by atoms with Crippen LogP contribution in [0.25, 0.3) is 0 Å². The van der Waals surface area contributed by atoms with Crippen LogP contribution in [0, 0.1) is 5.92 Å². The molecule has 2 aliphatic rings. The number of nitrogens with zero attached hydrogens (tertiary/aromatic N) is 1. The maximum absolute atomic E-state index is 4.13. The molecule has 100 valence electrons. The highest BCUT2D eigenvalue weighted by molar-refractivity contribution is 9.10. The van der Waals surface area contributed by atoms with Gasteiger partial charge >= 0.3 is 0 Å². The molecule has 0 saturated heterocycles. The van der Waals surface area contributed by atoms with Crippen LogP contribution in [0.15, 0.2) is 59.4 Å². The van der Waals surface area contributed by atoms with Gasteiger partial charge in [0, 0.05) is 28.5 Å². The molecule has 1 aromatic carbocycles. The van der Waals surface area contributed by atoms with Crippen LogP contribution in [0.5, 0.6) is 0 Å². The predicted octanol–water partition coefficient (Wildman–Crippen LogP) is 4.67. The summed E-state index contributed by atoms with van der Waals surface area (Å²) in [6, 6.07) is 11.1. The van der Waals surface area contributed by atoms with Crippen LogP contribution >= 0.6 is 15.9 Å². The number of pyridine rings is 1. The predicted molar refractivity (Wildman–Crippen MR) is 84.7 cm³/mol. The number of benzene rings is 1. The Morgan fingerprint density at radius 2 is 2.00 bits per heavy atom. The lowest BCUT2D eigenvalue weighted by Gasteiger charge is -2.37. The van der Waals surface area contributed by atoms with Crippen LogP contribution in [0.3, 0.4) is 0 Å². The Balaban J connectivity index is 1.80. The number of anilines is 1. The Bertz CT molecular complexity index is 666. The highest BCUT2D eigenvalue weighted by Crippen LogP contribution is 2.50. The second-order valence-corrected chi connectivity index (χ2v) is 6.40. The van der Waals surface area contributed by atoms with E-state index < -0.39 is 0 Å². The van der Waals surface area contributed by atoms with E-state index >= 15 is 0 Å². The minimum absolute atomic E-state index is 0.367. The molecule has 1 N–H and O–H groups in total. The number of halogens is 1. The lowest BCUT2D eigenvalue weighted by atomic mass is 9.77. The van der Waals surface area contributed by atoms with Crippen LogP contribution in [0.4, 0.5) is 5.69 Å². The number of fused-ring (bicyclic) bond motifs is 3. The molecule has 20 heavy (non-hydrogen) atoms. The number of hydrogen-bond donors (Lipinski definition) is 1. The Hall–Kier alpha value is -1.61. The third-order valence-corrected chi connectivity index (χ3v) is 4.88. The summed E-state index contributed by atoms with van der Waals surface area (Å²) in [5, 5.41) is 3.72. The van der Waals surface area contributed by atoms with E-state index in [9.17, 15) is 0 Å². The van der Waals surface area contributed by atoms with Gasteiger partial charge in [-0.25, -0.2) is 0 Å². The van der Waals surface area contributed by atoms with Crippen molar-refractivity contribution >= 4 is 21.6 Å². The van der Waals surface area contributed by atoms with E-state index in [0.717, 1.165) is 10.9 Å². The highest BCUT2D eigenvalue weighted by Gasteiger charge is 2.37. The molecular weight excluding hydrogens is 312 g/mol. The van der Waals surface area contributed by atoms with Crippen LogP contribution < -0.4 is 5.32 Å². The summed E-state index contributed by atoms with van der Waals surface area (Å²) >= 11 is 3.59. The molecule has 0 spiro atoms. The summed E-state index contributed by atoms with van der Waals surface area (Å²) in [6.07, 6.45) is 9.58. The minimum Gasteiger partial charge on any atom is -0.378 e. The zero-order valence-corrected chi connectivity index (χ0v) is 12.5. The second-order valence-electron chi connectivity index (χ2n) is 5.49. The molecule has 3 atom stereocenters. The summed E-state index contributed by atoms with van der Waals surface area (Å²) < 4.78 is 1.15. The average molecular weight is 327 g/mol. The smallest absolute Gasteiger partial charge is 0.0555 e. The van der Waals surface area contributed by atoms with Gasteiger partial charge in [-0.1, -0.05) is 28.1 Å². The van der Waals surface area contributed by atoms with Crippen LogP contribution in [0.1, 0.15) is 29.5 Å². The first-order valence-corrected chi connectivity index (χ1v) is 7.75. The SMILES string of the molecule is Brc1ccc2c(c1)[C@@H]1C=CC[C@@H]1[C@@H](c1ccncc1)N2. The molecule has 3 heteroatoms. The van der Waals surface area contributed by atoms with Crippen LogP contribution in [0.2, 0.25) is 0 Å². The fourth-order valence-corrected chi connectivity index (χ4v) is 3.84. The summed E-state index contributed by atoms with van der Waals surface area (Å²) in [5.41, 5.74) is 3.98. The van der Waals surface area contributed by atoms with Gasteiger partial charge in [0.1, 0.15) is 0 Å². The Kier molecular flexibility index (Phi) is 2.88. The molecule has 0 unspecified atom stereocenters. The Labute approximate surface area is 127 Å². The van der Waals surface area contributed by atoms with Crippen molar-refractivity contribution in [3.05, 3.63) is 70.5 Å². The number of nitrogens with one attached hydrogen (secondary N) is 1. The topological polar surface area (TPSA) is 24.9 Å². The van der Waals surface area contributed by atoms with Crippen molar-refractivity contribution < 1.29 is 0 Å². The van der Waals surface area contributed by atoms with Crippen molar-refractivity contribution in [3.8, 4) is 0 Å². The Morgan fingerprint density at radius 1 is 1.15 bits per heavy atom. The second kappa shape index (κ2) is 4.74.